The molecule has 22 heavy (non-hydrogen) atoms. The van der Waals surface area contributed by atoms with Gasteiger partial charge in [0.05, 0.1) is 0 Å². The van der Waals surface area contributed by atoms with E-state index >= 15 is 0 Å². The number of oxime groups is 1. The lowest BCUT2D eigenvalue weighted by Crippen LogP contribution is -2.12. The Kier molecular flexibility index (Phi) is 3.04. The minimum absolute atomic E-state index is 0.136. The molecule has 3 nitrogen and oxygen atoms in total. The van der Waals surface area contributed by atoms with Gasteiger partial charge in [0, 0.05) is 28.2 Å². The van der Waals surface area contributed by atoms with Gasteiger partial charge in [-0.05, 0) is 24.6 Å². The van der Waals surface area contributed by atoms with Crippen LogP contribution < -0.4 is 0 Å². The van der Waals surface area contributed by atoms with Crippen molar-refractivity contribution < 1.29 is 4.84 Å². The fourth-order valence-corrected chi connectivity index (χ4v) is 2.87. The predicted molar refractivity (Wildman–Crippen MR) is 88.9 cm³/mol. The van der Waals surface area contributed by atoms with Crippen molar-refractivity contribution in [3.05, 3.63) is 83.6 Å². The Labute approximate surface area is 128 Å². The molecule has 3 heteroatoms. The molecule has 1 unspecified atom stereocenters. The average Bonchev–Trinajstić information content (AvgIpc) is 2.99. The first-order chi connectivity index (χ1) is 10.8. The molecule has 1 atom stereocenters. The summed E-state index contributed by atoms with van der Waals surface area (Å²) in [6.45, 7) is 2.09. The van der Waals surface area contributed by atoms with Crippen LogP contribution in [0.1, 0.15) is 24.2 Å². The molecular formula is C19H16N2O. The smallest absolute Gasteiger partial charge is 0.175 e. The molecule has 0 saturated heterocycles. The Bertz CT molecular complexity index is 875. The molecule has 1 N–H and O–H groups in total. The van der Waals surface area contributed by atoms with E-state index in [-0.39, 0.29) is 6.10 Å². The van der Waals surface area contributed by atoms with E-state index in [0.717, 1.165) is 27.9 Å². The number of aromatic nitrogens is 1. The van der Waals surface area contributed by atoms with Gasteiger partial charge in [-0.15, -0.1) is 0 Å². The number of para-hydroxylation sites is 1. The van der Waals surface area contributed by atoms with Crippen LogP contribution in [0.2, 0.25) is 0 Å². The molecule has 4 rings (SSSR count). The second-order valence-electron chi connectivity index (χ2n) is 5.51. The zero-order chi connectivity index (χ0) is 14.9. The summed E-state index contributed by atoms with van der Waals surface area (Å²) >= 11 is 0. The van der Waals surface area contributed by atoms with Gasteiger partial charge in [0.25, 0.3) is 0 Å². The summed E-state index contributed by atoms with van der Waals surface area (Å²) in [6.07, 6.45) is 3.98. The van der Waals surface area contributed by atoms with Crippen LogP contribution in [0.5, 0.6) is 0 Å². The number of fused-ring (bicyclic) bond motifs is 1. The fourth-order valence-electron chi connectivity index (χ4n) is 2.87. The number of allylic oxidation sites excluding steroid dienone is 1. The molecule has 2 heterocycles. The predicted octanol–water partition coefficient (Wildman–Crippen LogP) is 4.59. The maximum atomic E-state index is 5.81. The number of nitrogens with zero attached hydrogens (tertiary/aromatic N) is 1. The van der Waals surface area contributed by atoms with Crippen LogP contribution in [0, 0.1) is 0 Å². The number of H-pyrrole nitrogens is 1. The van der Waals surface area contributed by atoms with Crippen LogP contribution in [-0.4, -0.2) is 10.7 Å². The highest BCUT2D eigenvalue weighted by atomic mass is 16.6. The van der Waals surface area contributed by atoms with Crippen molar-refractivity contribution in [3.8, 4) is 0 Å². The molecule has 0 spiro atoms. The molecule has 2 aromatic carbocycles. The van der Waals surface area contributed by atoms with Crippen LogP contribution in [-0.2, 0) is 4.84 Å². The monoisotopic (exact) mass is 288 g/mol. The first kappa shape index (κ1) is 12.9. The van der Waals surface area contributed by atoms with Gasteiger partial charge in [-0.3, -0.25) is 0 Å². The highest BCUT2D eigenvalue weighted by molar-refractivity contribution is 6.09. The number of aromatic amines is 1. The Hall–Kier alpha value is -2.81. The number of hydrogen-bond acceptors (Lipinski definition) is 2. The lowest BCUT2D eigenvalue weighted by Gasteiger charge is -2.20. The minimum Gasteiger partial charge on any atom is -0.382 e. The third kappa shape index (κ3) is 2.11. The number of rotatable bonds is 2. The zero-order valence-corrected chi connectivity index (χ0v) is 12.3. The summed E-state index contributed by atoms with van der Waals surface area (Å²) in [5.74, 6) is 0. The lowest BCUT2D eigenvalue weighted by molar-refractivity contribution is 0.0823. The molecule has 3 aromatic rings. The summed E-state index contributed by atoms with van der Waals surface area (Å²) in [5.41, 5.74) is 5.33. The van der Waals surface area contributed by atoms with E-state index in [1.165, 1.54) is 5.39 Å². The maximum Gasteiger partial charge on any atom is 0.175 e. The second-order valence-corrected chi connectivity index (χ2v) is 5.51. The van der Waals surface area contributed by atoms with Crippen molar-refractivity contribution in [1.82, 2.24) is 4.98 Å². The lowest BCUT2D eigenvalue weighted by atomic mass is 9.98. The number of hydrogen-bond donors (Lipinski definition) is 1. The van der Waals surface area contributed by atoms with Crippen LogP contribution in [0.15, 0.2) is 77.6 Å². The van der Waals surface area contributed by atoms with Gasteiger partial charge in [-0.2, -0.15) is 0 Å². The number of nitrogens with one attached hydrogen (secondary N) is 1. The van der Waals surface area contributed by atoms with Crippen LogP contribution in [0.3, 0.4) is 0 Å². The Morgan fingerprint density at radius 1 is 1.00 bits per heavy atom. The van der Waals surface area contributed by atoms with E-state index in [1.54, 1.807) is 0 Å². The van der Waals surface area contributed by atoms with E-state index in [2.05, 4.69) is 35.3 Å². The maximum absolute atomic E-state index is 5.81. The Morgan fingerprint density at radius 3 is 2.59 bits per heavy atom. The van der Waals surface area contributed by atoms with E-state index < -0.39 is 0 Å². The molecule has 1 aliphatic rings. The highest BCUT2D eigenvalue weighted by Crippen LogP contribution is 2.34. The SMILES string of the molecule is CC1=CC(c2ccccc2)=NOC1c1c[nH]c2ccccc12. The first-order valence-electron chi connectivity index (χ1n) is 7.36. The van der Waals surface area contributed by atoms with Gasteiger partial charge in [0.1, 0.15) is 5.71 Å². The molecule has 1 aromatic heterocycles. The highest BCUT2D eigenvalue weighted by Gasteiger charge is 2.23. The molecule has 0 amide bonds. The molecule has 0 radical (unpaired) electrons. The first-order valence-corrected chi connectivity index (χ1v) is 7.36. The van der Waals surface area contributed by atoms with Crippen molar-refractivity contribution in [2.45, 2.75) is 13.0 Å². The normalized spacial score (nSPS) is 17.8. The fraction of sp³-hybridized carbons (Fsp3) is 0.105. The van der Waals surface area contributed by atoms with E-state index in [4.69, 9.17) is 4.84 Å². The molecule has 0 fully saturated rings. The molecule has 0 aliphatic carbocycles. The van der Waals surface area contributed by atoms with Gasteiger partial charge in [0.15, 0.2) is 6.10 Å². The second kappa shape index (κ2) is 5.19. The molecule has 0 bridgehead atoms. The van der Waals surface area contributed by atoms with Crippen molar-refractivity contribution in [3.63, 3.8) is 0 Å². The van der Waals surface area contributed by atoms with E-state index in [0.29, 0.717) is 0 Å². The Morgan fingerprint density at radius 2 is 1.77 bits per heavy atom. The van der Waals surface area contributed by atoms with Crippen molar-refractivity contribution in [2.75, 3.05) is 0 Å². The van der Waals surface area contributed by atoms with Crippen molar-refractivity contribution in [2.24, 2.45) is 5.16 Å². The molecule has 0 saturated carbocycles. The molecular weight excluding hydrogens is 272 g/mol. The molecule has 1 aliphatic heterocycles. The summed E-state index contributed by atoms with van der Waals surface area (Å²) in [5, 5.41) is 5.50. The average molecular weight is 288 g/mol. The summed E-state index contributed by atoms with van der Waals surface area (Å²) in [4.78, 5) is 9.10. The van der Waals surface area contributed by atoms with E-state index in [1.807, 2.05) is 48.7 Å². The zero-order valence-electron chi connectivity index (χ0n) is 12.3. The third-order valence-corrected chi connectivity index (χ3v) is 4.01. The quantitative estimate of drug-likeness (QED) is 0.735. The van der Waals surface area contributed by atoms with Crippen LogP contribution in [0.25, 0.3) is 10.9 Å². The summed E-state index contributed by atoms with van der Waals surface area (Å²) < 4.78 is 0. The van der Waals surface area contributed by atoms with Gasteiger partial charge in [-0.25, -0.2) is 0 Å². The largest absolute Gasteiger partial charge is 0.382 e. The van der Waals surface area contributed by atoms with Gasteiger partial charge in [0.2, 0.25) is 0 Å². The number of benzene rings is 2. The van der Waals surface area contributed by atoms with Crippen LogP contribution >= 0.6 is 0 Å². The van der Waals surface area contributed by atoms with Crippen LogP contribution in [0.4, 0.5) is 0 Å². The van der Waals surface area contributed by atoms with Crippen molar-refractivity contribution in [1.29, 1.82) is 0 Å². The standard InChI is InChI=1S/C19H16N2O/c1-13-11-18(14-7-3-2-4-8-14)21-22-19(13)16-12-20-17-10-6-5-9-15(16)17/h2-12,19-20H,1H3. The van der Waals surface area contributed by atoms with E-state index in [9.17, 15) is 0 Å². The van der Waals surface area contributed by atoms with Gasteiger partial charge in [-0.1, -0.05) is 53.7 Å². The summed E-state index contributed by atoms with van der Waals surface area (Å²) in [6, 6.07) is 18.3. The van der Waals surface area contributed by atoms with Crippen molar-refractivity contribution >= 4 is 16.6 Å². The topological polar surface area (TPSA) is 37.4 Å². The van der Waals surface area contributed by atoms with Gasteiger partial charge < -0.3 is 9.82 Å². The Balaban J connectivity index is 1.70. The minimum atomic E-state index is -0.136. The summed E-state index contributed by atoms with van der Waals surface area (Å²) in [7, 11) is 0. The third-order valence-electron chi connectivity index (χ3n) is 4.01. The van der Waals surface area contributed by atoms with Gasteiger partial charge >= 0.3 is 0 Å². The molecule has 108 valence electrons.